The number of carbonyl (C=O) groups is 1. The topological polar surface area (TPSA) is 20.3 Å². The van der Waals surface area contributed by atoms with Gasteiger partial charge in [-0.15, -0.1) is 0 Å². The van der Waals surface area contributed by atoms with Crippen LogP contribution in [-0.2, 0) is 11.2 Å². The molecule has 19 heavy (non-hydrogen) atoms. The van der Waals surface area contributed by atoms with Crippen LogP contribution in [0.15, 0.2) is 18.2 Å². The molecule has 0 spiro atoms. The van der Waals surface area contributed by atoms with Crippen molar-refractivity contribution in [1.82, 2.24) is 4.90 Å². The molecule has 0 radical (unpaired) electrons. The number of halogens is 2. The highest BCUT2D eigenvalue weighted by Gasteiger charge is 2.35. The van der Waals surface area contributed by atoms with Crippen LogP contribution in [0.4, 0.5) is 4.39 Å². The van der Waals surface area contributed by atoms with Gasteiger partial charge in [0.2, 0.25) is 0 Å². The number of ketones is 1. The summed E-state index contributed by atoms with van der Waals surface area (Å²) in [4.78, 5) is 14.7. The van der Waals surface area contributed by atoms with Crippen molar-refractivity contribution in [3.63, 3.8) is 0 Å². The summed E-state index contributed by atoms with van der Waals surface area (Å²) < 4.78 is 13.0. The van der Waals surface area contributed by atoms with Crippen LogP contribution >= 0.6 is 11.6 Å². The Morgan fingerprint density at radius 1 is 1.37 bits per heavy atom. The summed E-state index contributed by atoms with van der Waals surface area (Å²) in [5.41, 5.74) is 0.217. The highest BCUT2D eigenvalue weighted by molar-refractivity contribution is 6.31. The lowest BCUT2D eigenvalue weighted by atomic mass is 9.92. The maximum Gasteiger partial charge on any atom is 0.156 e. The lowest BCUT2D eigenvalue weighted by molar-refractivity contribution is -0.128. The molecule has 4 heteroatoms. The number of carbonyl (C=O) groups excluding carboxylic acids is 1. The second-order valence-electron chi connectivity index (χ2n) is 5.59. The molecule has 2 nitrogen and oxygen atoms in total. The third kappa shape index (κ3) is 3.15. The fourth-order valence-corrected chi connectivity index (χ4v) is 2.74. The van der Waals surface area contributed by atoms with Crippen LogP contribution in [0.2, 0.25) is 5.02 Å². The normalized spacial score (nSPS) is 16.8. The lowest BCUT2D eigenvalue weighted by Gasteiger charge is -2.34. The van der Waals surface area contributed by atoms with Crippen molar-refractivity contribution in [2.24, 2.45) is 0 Å². The van der Waals surface area contributed by atoms with E-state index in [-0.39, 0.29) is 18.0 Å². The number of hydrogen-bond acceptors (Lipinski definition) is 2. The largest absolute Gasteiger partial charge is 0.297 e. The van der Waals surface area contributed by atoms with Crippen molar-refractivity contribution in [1.29, 1.82) is 0 Å². The summed E-state index contributed by atoms with van der Waals surface area (Å²) in [6.07, 6.45) is 2.55. The van der Waals surface area contributed by atoms with E-state index in [0.717, 1.165) is 25.9 Å². The van der Waals surface area contributed by atoms with E-state index in [9.17, 15) is 9.18 Å². The van der Waals surface area contributed by atoms with Gasteiger partial charge in [-0.05, 0) is 57.5 Å². The van der Waals surface area contributed by atoms with E-state index in [1.54, 1.807) is 6.07 Å². The van der Waals surface area contributed by atoms with Crippen LogP contribution in [0.5, 0.6) is 0 Å². The van der Waals surface area contributed by atoms with Crippen molar-refractivity contribution in [2.45, 2.75) is 38.6 Å². The first-order valence-corrected chi connectivity index (χ1v) is 7.01. The standard InChI is InChI=1S/C15H19ClFNO/c1-15(2,18-7-3-4-8-18)14(19)9-11-5-6-12(17)10-13(11)16/h5-6,10H,3-4,7-9H2,1-2H3. The van der Waals surface area contributed by atoms with E-state index in [1.807, 2.05) is 13.8 Å². The average Bonchev–Trinajstić information content (AvgIpc) is 2.86. The number of nitrogens with zero attached hydrogens (tertiary/aromatic N) is 1. The van der Waals surface area contributed by atoms with Crippen molar-refractivity contribution in [3.8, 4) is 0 Å². The van der Waals surface area contributed by atoms with E-state index in [4.69, 9.17) is 11.6 Å². The van der Waals surface area contributed by atoms with Crippen LogP contribution in [0.1, 0.15) is 32.3 Å². The molecule has 1 heterocycles. The number of hydrogen-bond donors (Lipinski definition) is 0. The minimum Gasteiger partial charge on any atom is -0.297 e. The molecule has 104 valence electrons. The zero-order valence-electron chi connectivity index (χ0n) is 11.4. The van der Waals surface area contributed by atoms with Crippen molar-refractivity contribution < 1.29 is 9.18 Å². The molecule has 1 aliphatic rings. The minimum absolute atomic E-state index is 0.128. The second kappa shape index (κ2) is 5.59. The molecule has 1 fully saturated rings. The van der Waals surface area contributed by atoms with Gasteiger partial charge >= 0.3 is 0 Å². The smallest absolute Gasteiger partial charge is 0.156 e. The van der Waals surface area contributed by atoms with Gasteiger partial charge < -0.3 is 0 Å². The Balaban J connectivity index is 2.11. The molecule has 0 unspecified atom stereocenters. The summed E-state index contributed by atoms with van der Waals surface area (Å²) in [7, 11) is 0. The molecule has 1 aliphatic heterocycles. The fraction of sp³-hybridized carbons (Fsp3) is 0.533. The maximum atomic E-state index is 13.0. The van der Waals surface area contributed by atoms with Gasteiger partial charge in [-0.3, -0.25) is 9.69 Å². The molecule has 0 N–H and O–H groups in total. The molecule has 0 atom stereocenters. The van der Waals surface area contributed by atoms with E-state index in [2.05, 4.69) is 4.90 Å². The summed E-state index contributed by atoms with van der Waals surface area (Å²) in [6.45, 7) is 5.85. The number of rotatable bonds is 4. The zero-order chi connectivity index (χ0) is 14.0. The molecule has 1 aromatic carbocycles. The monoisotopic (exact) mass is 283 g/mol. The summed E-state index contributed by atoms with van der Waals surface area (Å²) in [6, 6.07) is 4.19. The van der Waals surface area contributed by atoms with Gasteiger partial charge in [0, 0.05) is 11.4 Å². The molecule has 1 saturated heterocycles. The van der Waals surface area contributed by atoms with Gasteiger partial charge in [0.25, 0.3) is 0 Å². The van der Waals surface area contributed by atoms with Gasteiger partial charge in [-0.1, -0.05) is 17.7 Å². The number of benzene rings is 1. The first kappa shape index (κ1) is 14.5. The average molecular weight is 284 g/mol. The Morgan fingerprint density at radius 3 is 2.58 bits per heavy atom. The van der Waals surface area contributed by atoms with Crippen LogP contribution in [0, 0.1) is 5.82 Å². The quantitative estimate of drug-likeness (QED) is 0.843. The summed E-state index contributed by atoms with van der Waals surface area (Å²) in [5.74, 6) is -0.247. The molecular formula is C15H19ClFNO. The molecule has 2 rings (SSSR count). The zero-order valence-corrected chi connectivity index (χ0v) is 12.1. The number of Topliss-reactive ketones (excluding diaryl/α,β-unsaturated/α-hetero) is 1. The van der Waals surface area contributed by atoms with E-state index in [0.29, 0.717) is 10.6 Å². The minimum atomic E-state index is -0.478. The molecule has 0 aromatic heterocycles. The third-order valence-electron chi connectivity index (χ3n) is 3.95. The Morgan fingerprint density at radius 2 is 2.00 bits per heavy atom. The highest BCUT2D eigenvalue weighted by Crippen LogP contribution is 2.25. The maximum absolute atomic E-state index is 13.0. The Kier molecular flexibility index (Phi) is 4.26. The third-order valence-corrected chi connectivity index (χ3v) is 4.30. The molecule has 0 amide bonds. The predicted molar refractivity (Wildman–Crippen MR) is 75.0 cm³/mol. The van der Waals surface area contributed by atoms with Crippen LogP contribution in [0.25, 0.3) is 0 Å². The highest BCUT2D eigenvalue weighted by atomic mass is 35.5. The molecule has 1 aromatic rings. The van der Waals surface area contributed by atoms with Crippen LogP contribution < -0.4 is 0 Å². The van der Waals surface area contributed by atoms with Gasteiger partial charge in [-0.25, -0.2) is 4.39 Å². The van der Waals surface area contributed by atoms with Gasteiger partial charge in [0.05, 0.1) is 5.54 Å². The molecule has 0 aliphatic carbocycles. The Bertz CT molecular complexity index is 481. The summed E-state index contributed by atoms with van der Waals surface area (Å²) >= 11 is 5.98. The molecular weight excluding hydrogens is 265 g/mol. The second-order valence-corrected chi connectivity index (χ2v) is 6.00. The van der Waals surface area contributed by atoms with E-state index < -0.39 is 5.54 Å². The summed E-state index contributed by atoms with van der Waals surface area (Å²) in [5, 5.41) is 0.325. The molecule has 0 bridgehead atoms. The SMILES string of the molecule is CC(C)(C(=O)Cc1ccc(F)cc1Cl)N1CCCC1. The van der Waals surface area contributed by atoms with Crippen molar-refractivity contribution in [3.05, 3.63) is 34.6 Å². The van der Waals surface area contributed by atoms with Gasteiger partial charge in [-0.2, -0.15) is 0 Å². The first-order valence-electron chi connectivity index (χ1n) is 6.63. The van der Waals surface area contributed by atoms with E-state index >= 15 is 0 Å². The van der Waals surface area contributed by atoms with Crippen molar-refractivity contribution >= 4 is 17.4 Å². The first-order chi connectivity index (χ1) is 8.91. The Labute approximate surface area is 118 Å². The van der Waals surface area contributed by atoms with Gasteiger partial charge in [0.15, 0.2) is 5.78 Å². The Hall–Kier alpha value is -0.930. The van der Waals surface area contributed by atoms with Crippen molar-refractivity contribution in [2.75, 3.05) is 13.1 Å². The van der Waals surface area contributed by atoms with E-state index in [1.165, 1.54) is 12.1 Å². The molecule has 0 saturated carbocycles. The van der Waals surface area contributed by atoms with Crippen LogP contribution in [-0.4, -0.2) is 29.3 Å². The van der Waals surface area contributed by atoms with Crippen LogP contribution in [0.3, 0.4) is 0 Å². The predicted octanol–water partition coefficient (Wildman–Crippen LogP) is 3.47. The number of likely N-dealkylation sites (tertiary alicyclic amines) is 1. The lowest BCUT2D eigenvalue weighted by Crippen LogP contribution is -2.49. The fourth-order valence-electron chi connectivity index (χ4n) is 2.51. The van der Waals surface area contributed by atoms with Gasteiger partial charge in [0.1, 0.15) is 5.82 Å².